The van der Waals surface area contributed by atoms with Gasteiger partial charge in [-0.25, -0.2) is 4.98 Å². The van der Waals surface area contributed by atoms with Crippen LogP contribution in [0.5, 0.6) is 23.0 Å². The lowest BCUT2D eigenvalue weighted by atomic mass is 10.2. The van der Waals surface area contributed by atoms with Gasteiger partial charge in [0.15, 0.2) is 21.7 Å². The zero-order chi connectivity index (χ0) is 20.4. The van der Waals surface area contributed by atoms with Crippen LogP contribution in [0.15, 0.2) is 30.3 Å². The number of nitrogens with zero attached hydrogens (tertiary/aromatic N) is 1. The topological polar surface area (TPSA) is 90.9 Å². The van der Waals surface area contributed by atoms with Gasteiger partial charge in [0, 0.05) is 11.6 Å². The van der Waals surface area contributed by atoms with Crippen LogP contribution in [0.25, 0.3) is 10.2 Å². The van der Waals surface area contributed by atoms with Crippen LogP contribution in [0.3, 0.4) is 0 Å². The number of hydrogen-bond acceptors (Lipinski definition) is 8. The second kappa shape index (κ2) is 8.10. The highest BCUT2D eigenvalue weighted by Gasteiger charge is 2.17. The molecular formula is C19H17N3O5S2. The number of amides is 1. The van der Waals surface area contributed by atoms with E-state index in [1.54, 1.807) is 38.5 Å². The molecule has 0 saturated carbocycles. The second-order valence-electron chi connectivity index (χ2n) is 5.96. The maximum atomic E-state index is 12.5. The van der Waals surface area contributed by atoms with Crippen molar-refractivity contribution >= 4 is 49.9 Å². The lowest BCUT2D eigenvalue weighted by molar-refractivity contribution is 0.0976. The smallest absolute Gasteiger partial charge is 0.257 e. The minimum atomic E-state index is -0.361. The molecule has 1 amide bonds. The first-order valence-corrected chi connectivity index (χ1v) is 9.84. The molecular weight excluding hydrogens is 414 g/mol. The summed E-state index contributed by atoms with van der Waals surface area (Å²) in [5.74, 6) is 2.05. The minimum absolute atomic E-state index is 0.134. The molecule has 1 aliphatic heterocycles. The molecule has 0 bridgehead atoms. The number of thiazole rings is 1. The number of aromatic nitrogens is 1. The van der Waals surface area contributed by atoms with E-state index in [0.29, 0.717) is 52.4 Å². The highest BCUT2D eigenvalue weighted by atomic mass is 32.1. The van der Waals surface area contributed by atoms with Crippen LogP contribution in [-0.2, 0) is 0 Å². The summed E-state index contributed by atoms with van der Waals surface area (Å²) in [6, 6.07) is 8.60. The first-order valence-electron chi connectivity index (χ1n) is 8.62. The third-order valence-corrected chi connectivity index (χ3v) is 5.26. The zero-order valence-electron chi connectivity index (χ0n) is 15.6. The maximum Gasteiger partial charge on any atom is 0.257 e. The number of anilines is 1. The Balaban J connectivity index is 1.47. The van der Waals surface area contributed by atoms with Gasteiger partial charge in [0.25, 0.3) is 5.91 Å². The van der Waals surface area contributed by atoms with Crippen molar-refractivity contribution in [3.63, 3.8) is 0 Å². The van der Waals surface area contributed by atoms with E-state index < -0.39 is 0 Å². The first kappa shape index (κ1) is 19.2. The molecule has 3 aromatic rings. The Kier molecular flexibility index (Phi) is 5.36. The quantitative estimate of drug-likeness (QED) is 0.609. The van der Waals surface area contributed by atoms with Crippen LogP contribution >= 0.6 is 23.6 Å². The van der Waals surface area contributed by atoms with E-state index in [4.69, 9.17) is 31.2 Å². The largest absolute Gasteiger partial charge is 0.497 e. The molecule has 0 fully saturated rings. The predicted octanol–water partition coefficient (Wildman–Crippen LogP) is 3.21. The lowest BCUT2D eigenvalue weighted by Crippen LogP contribution is -2.34. The summed E-state index contributed by atoms with van der Waals surface area (Å²) in [5, 5.41) is 6.24. The number of methoxy groups -OCH3 is 2. The third-order valence-electron chi connectivity index (χ3n) is 4.14. The average Bonchev–Trinajstić information content (AvgIpc) is 3.14. The number of nitrogens with one attached hydrogen (secondary N) is 2. The fourth-order valence-electron chi connectivity index (χ4n) is 2.79. The van der Waals surface area contributed by atoms with Gasteiger partial charge >= 0.3 is 0 Å². The van der Waals surface area contributed by atoms with Crippen molar-refractivity contribution in [3.8, 4) is 23.0 Å². The van der Waals surface area contributed by atoms with E-state index >= 15 is 0 Å². The van der Waals surface area contributed by atoms with Crippen molar-refractivity contribution in [2.45, 2.75) is 0 Å². The Bertz CT molecular complexity index is 1100. The van der Waals surface area contributed by atoms with Gasteiger partial charge in [0.2, 0.25) is 0 Å². The van der Waals surface area contributed by atoms with Gasteiger partial charge in [-0.2, -0.15) is 0 Å². The highest BCUT2D eigenvalue weighted by molar-refractivity contribution is 7.80. The molecule has 4 rings (SSSR count). The van der Waals surface area contributed by atoms with Gasteiger partial charge in [0.1, 0.15) is 30.2 Å². The summed E-state index contributed by atoms with van der Waals surface area (Å²) in [4.78, 5) is 17.0. The summed E-state index contributed by atoms with van der Waals surface area (Å²) in [7, 11) is 3.15. The van der Waals surface area contributed by atoms with Gasteiger partial charge < -0.3 is 24.3 Å². The summed E-state index contributed by atoms with van der Waals surface area (Å²) in [6.07, 6.45) is 0. The number of benzene rings is 2. The maximum absolute atomic E-state index is 12.5. The van der Waals surface area contributed by atoms with Gasteiger partial charge in [-0.15, -0.1) is 0 Å². The van der Waals surface area contributed by atoms with Crippen LogP contribution in [0, 0.1) is 0 Å². The molecule has 0 saturated heterocycles. The van der Waals surface area contributed by atoms with Crippen molar-refractivity contribution in [2.75, 3.05) is 32.8 Å². The third kappa shape index (κ3) is 4.03. The standard InChI is InChI=1S/C19H17N3O5S2/c1-24-11-8-14(25-2)16-15(9-11)29-19(20-16)22-18(28)21-17(23)10-3-4-12-13(7-10)27-6-5-26-12/h3-4,7-9H,5-6H2,1-2H3,(H2,20,21,22,23,28). The molecule has 10 heteroatoms. The highest BCUT2D eigenvalue weighted by Crippen LogP contribution is 2.36. The number of hydrogen-bond donors (Lipinski definition) is 2. The Morgan fingerprint density at radius 2 is 1.93 bits per heavy atom. The number of thiocarbonyl (C=S) groups is 1. The fourth-order valence-corrected chi connectivity index (χ4v) is 3.96. The van der Waals surface area contributed by atoms with E-state index in [1.165, 1.54) is 11.3 Å². The molecule has 150 valence electrons. The van der Waals surface area contributed by atoms with Crippen molar-refractivity contribution in [1.82, 2.24) is 10.3 Å². The molecule has 0 unspecified atom stereocenters. The Morgan fingerprint density at radius 3 is 2.69 bits per heavy atom. The van der Waals surface area contributed by atoms with Gasteiger partial charge in [0.05, 0.1) is 18.9 Å². The SMILES string of the molecule is COc1cc(OC)c2nc(NC(=S)NC(=O)c3ccc4c(c3)OCCO4)sc2c1. The van der Waals surface area contributed by atoms with Gasteiger partial charge in [-0.1, -0.05) is 11.3 Å². The molecule has 0 radical (unpaired) electrons. The predicted molar refractivity (Wildman–Crippen MR) is 114 cm³/mol. The van der Waals surface area contributed by atoms with Gasteiger partial charge in [-0.3, -0.25) is 10.1 Å². The molecule has 2 N–H and O–H groups in total. The van der Waals surface area contributed by atoms with E-state index in [9.17, 15) is 4.79 Å². The van der Waals surface area contributed by atoms with E-state index in [1.807, 2.05) is 6.07 Å². The molecule has 2 aromatic carbocycles. The van der Waals surface area contributed by atoms with E-state index in [-0.39, 0.29) is 11.0 Å². The molecule has 29 heavy (non-hydrogen) atoms. The minimum Gasteiger partial charge on any atom is -0.497 e. The molecule has 2 heterocycles. The van der Waals surface area contributed by atoms with Crippen LogP contribution in [0.4, 0.5) is 5.13 Å². The summed E-state index contributed by atoms with van der Waals surface area (Å²) < 4.78 is 22.5. The Hall–Kier alpha value is -3.11. The average molecular weight is 431 g/mol. The molecule has 1 aromatic heterocycles. The number of ether oxygens (including phenoxy) is 4. The monoisotopic (exact) mass is 431 g/mol. The summed E-state index contributed by atoms with van der Waals surface area (Å²) in [5.41, 5.74) is 1.09. The van der Waals surface area contributed by atoms with Crippen LogP contribution in [0.2, 0.25) is 0 Å². The van der Waals surface area contributed by atoms with E-state index in [0.717, 1.165) is 4.70 Å². The van der Waals surface area contributed by atoms with Crippen LogP contribution in [-0.4, -0.2) is 43.4 Å². The zero-order valence-corrected chi connectivity index (χ0v) is 17.2. The normalized spacial score (nSPS) is 12.3. The fraction of sp³-hybridized carbons (Fsp3) is 0.211. The summed E-state index contributed by atoms with van der Waals surface area (Å²) in [6.45, 7) is 0.940. The Morgan fingerprint density at radius 1 is 1.14 bits per heavy atom. The number of carbonyl (C=O) groups is 1. The lowest BCUT2D eigenvalue weighted by Gasteiger charge is -2.18. The van der Waals surface area contributed by atoms with E-state index in [2.05, 4.69) is 15.6 Å². The van der Waals surface area contributed by atoms with Crippen LogP contribution < -0.4 is 29.6 Å². The van der Waals surface area contributed by atoms with Crippen molar-refractivity contribution in [2.24, 2.45) is 0 Å². The number of carbonyl (C=O) groups excluding carboxylic acids is 1. The van der Waals surface area contributed by atoms with Crippen LogP contribution in [0.1, 0.15) is 10.4 Å². The molecule has 1 aliphatic rings. The summed E-state index contributed by atoms with van der Waals surface area (Å²) >= 11 is 6.63. The van der Waals surface area contributed by atoms with Gasteiger partial charge in [-0.05, 0) is 36.5 Å². The van der Waals surface area contributed by atoms with Crippen molar-refractivity contribution < 1.29 is 23.7 Å². The molecule has 0 atom stereocenters. The molecule has 8 nitrogen and oxygen atoms in total. The molecule has 0 aliphatic carbocycles. The molecule has 0 spiro atoms. The number of rotatable bonds is 4. The first-order chi connectivity index (χ1) is 14.1. The van der Waals surface area contributed by atoms with Crippen molar-refractivity contribution in [1.29, 1.82) is 0 Å². The number of fused-ring (bicyclic) bond motifs is 2. The van der Waals surface area contributed by atoms with Crippen molar-refractivity contribution in [3.05, 3.63) is 35.9 Å². The second-order valence-corrected chi connectivity index (χ2v) is 7.40. The Labute approximate surface area is 175 Å².